The Labute approximate surface area is 141 Å². The van der Waals surface area contributed by atoms with E-state index in [1.54, 1.807) is 0 Å². The summed E-state index contributed by atoms with van der Waals surface area (Å²) in [4.78, 5) is 35.8. The fourth-order valence-electron chi connectivity index (χ4n) is 3.17. The van der Waals surface area contributed by atoms with Gasteiger partial charge >= 0.3 is 0 Å². The zero-order valence-electron chi connectivity index (χ0n) is 13.7. The first kappa shape index (κ1) is 16.5. The predicted octanol–water partition coefficient (Wildman–Crippen LogP) is 1.21. The van der Waals surface area contributed by atoms with Gasteiger partial charge in [0.2, 0.25) is 17.7 Å². The van der Waals surface area contributed by atoms with Crippen LogP contribution in [0.25, 0.3) is 0 Å². The average Bonchev–Trinajstić information content (AvgIpc) is 3.16. The van der Waals surface area contributed by atoms with E-state index >= 15 is 0 Å². The standard InChI is InChI=1S/C18H22N2O4/c21-16(8-10-20-17(22)6-7-18(20)23)19-9-11-24-15-5-4-13-2-1-3-14(13)12-15/h4-5,12H,1-3,6-11H2,(H,19,21). The molecule has 0 radical (unpaired) electrons. The second-order valence-electron chi connectivity index (χ2n) is 6.17. The van der Waals surface area contributed by atoms with Crippen LogP contribution in [0, 0.1) is 0 Å². The second-order valence-corrected chi connectivity index (χ2v) is 6.17. The molecular formula is C18H22N2O4. The van der Waals surface area contributed by atoms with Crippen LogP contribution in [0.15, 0.2) is 18.2 Å². The van der Waals surface area contributed by atoms with Gasteiger partial charge in [-0.25, -0.2) is 0 Å². The molecule has 6 nitrogen and oxygen atoms in total. The summed E-state index contributed by atoms with van der Waals surface area (Å²) in [6.45, 7) is 0.957. The maximum absolute atomic E-state index is 11.8. The van der Waals surface area contributed by atoms with Crippen molar-refractivity contribution in [2.45, 2.75) is 38.5 Å². The van der Waals surface area contributed by atoms with Crippen molar-refractivity contribution in [3.05, 3.63) is 29.3 Å². The number of benzene rings is 1. The van der Waals surface area contributed by atoms with E-state index in [1.165, 1.54) is 22.4 Å². The van der Waals surface area contributed by atoms with Crippen molar-refractivity contribution in [2.24, 2.45) is 0 Å². The number of aryl methyl sites for hydroxylation is 2. The van der Waals surface area contributed by atoms with Crippen molar-refractivity contribution in [2.75, 3.05) is 19.7 Å². The van der Waals surface area contributed by atoms with E-state index in [4.69, 9.17) is 4.74 Å². The molecule has 0 bridgehead atoms. The number of hydrogen-bond donors (Lipinski definition) is 1. The number of rotatable bonds is 7. The van der Waals surface area contributed by atoms with Crippen LogP contribution in [0.1, 0.15) is 36.8 Å². The number of carbonyl (C=O) groups excluding carboxylic acids is 3. The molecule has 0 aromatic heterocycles. The number of hydrogen-bond acceptors (Lipinski definition) is 4. The van der Waals surface area contributed by atoms with Crippen molar-refractivity contribution >= 4 is 17.7 Å². The van der Waals surface area contributed by atoms with E-state index < -0.39 is 0 Å². The quantitative estimate of drug-likeness (QED) is 0.602. The second kappa shape index (κ2) is 7.47. The summed E-state index contributed by atoms with van der Waals surface area (Å²) >= 11 is 0. The van der Waals surface area contributed by atoms with Crippen LogP contribution in [-0.4, -0.2) is 42.3 Å². The zero-order chi connectivity index (χ0) is 16.9. The Morgan fingerprint density at radius 2 is 1.83 bits per heavy atom. The van der Waals surface area contributed by atoms with Crippen molar-refractivity contribution < 1.29 is 19.1 Å². The minimum Gasteiger partial charge on any atom is -0.492 e. The molecule has 0 atom stereocenters. The van der Waals surface area contributed by atoms with Crippen LogP contribution in [0.2, 0.25) is 0 Å². The summed E-state index contributed by atoms with van der Waals surface area (Å²) in [7, 11) is 0. The highest BCUT2D eigenvalue weighted by Gasteiger charge is 2.28. The van der Waals surface area contributed by atoms with Gasteiger partial charge in [0.25, 0.3) is 0 Å². The smallest absolute Gasteiger partial charge is 0.229 e. The first-order valence-corrected chi connectivity index (χ1v) is 8.48. The molecule has 0 unspecified atom stereocenters. The first-order chi connectivity index (χ1) is 11.6. The Hall–Kier alpha value is -2.37. The van der Waals surface area contributed by atoms with Gasteiger partial charge in [-0.1, -0.05) is 6.07 Å². The van der Waals surface area contributed by atoms with E-state index in [0.29, 0.717) is 13.2 Å². The molecule has 1 saturated heterocycles. The van der Waals surface area contributed by atoms with Crippen molar-refractivity contribution in [3.63, 3.8) is 0 Å². The SMILES string of the molecule is O=C(CCN1C(=O)CCC1=O)NCCOc1ccc2c(c1)CCC2. The van der Waals surface area contributed by atoms with Gasteiger partial charge in [-0.3, -0.25) is 19.3 Å². The lowest BCUT2D eigenvalue weighted by molar-refractivity contribution is -0.138. The summed E-state index contributed by atoms with van der Waals surface area (Å²) in [6.07, 6.45) is 4.11. The molecule has 1 aliphatic carbocycles. The minimum atomic E-state index is -0.187. The van der Waals surface area contributed by atoms with E-state index in [1.807, 2.05) is 6.07 Å². The van der Waals surface area contributed by atoms with E-state index in [0.717, 1.165) is 18.6 Å². The summed E-state index contributed by atoms with van der Waals surface area (Å²) in [5.41, 5.74) is 2.76. The monoisotopic (exact) mass is 330 g/mol. The molecule has 1 N–H and O–H groups in total. The van der Waals surface area contributed by atoms with Crippen LogP contribution in [0.5, 0.6) is 5.75 Å². The number of carbonyl (C=O) groups is 3. The topological polar surface area (TPSA) is 75.7 Å². The van der Waals surface area contributed by atoms with Crippen LogP contribution in [-0.2, 0) is 27.2 Å². The Morgan fingerprint density at radius 1 is 1.08 bits per heavy atom. The molecule has 1 aromatic rings. The van der Waals surface area contributed by atoms with Crippen LogP contribution >= 0.6 is 0 Å². The van der Waals surface area contributed by atoms with Crippen LogP contribution in [0.4, 0.5) is 0 Å². The molecule has 24 heavy (non-hydrogen) atoms. The highest BCUT2D eigenvalue weighted by Crippen LogP contribution is 2.25. The number of fused-ring (bicyclic) bond motifs is 1. The molecule has 1 aliphatic heterocycles. The Kier molecular flexibility index (Phi) is 5.13. The Bertz CT molecular complexity index is 640. The van der Waals surface area contributed by atoms with Gasteiger partial charge in [0.05, 0.1) is 6.54 Å². The molecule has 0 saturated carbocycles. The number of nitrogens with zero attached hydrogens (tertiary/aromatic N) is 1. The van der Waals surface area contributed by atoms with E-state index in [2.05, 4.69) is 17.4 Å². The third-order valence-corrected chi connectivity index (χ3v) is 4.48. The number of ether oxygens (including phenoxy) is 1. The predicted molar refractivity (Wildman–Crippen MR) is 87.5 cm³/mol. The molecule has 1 heterocycles. The lowest BCUT2D eigenvalue weighted by Gasteiger charge is -2.13. The molecule has 1 aromatic carbocycles. The van der Waals surface area contributed by atoms with Gasteiger partial charge in [0.15, 0.2) is 0 Å². The summed E-state index contributed by atoms with van der Waals surface area (Å²) in [5.74, 6) is 0.277. The zero-order valence-corrected chi connectivity index (χ0v) is 13.7. The van der Waals surface area contributed by atoms with Crippen LogP contribution in [0.3, 0.4) is 0 Å². The summed E-state index contributed by atoms with van der Waals surface area (Å²) in [6, 6.07) is 6.16. The molecule has 128 valence electrons. The minimum absolute atomic E-state index is 0.135. The summed E-state index contributed by atoms with van der Waals surface area (Å²) in [5, 5.41) is 2.75. The van der Waals surface area contributed by atoms with Gasteiger partial charge in [-0.2, -0.15) is 0 Å². The maximum atomic E-state index is 11.8. The van der Waals surface area contributed by atoms with E-state index in [-0.39, 0.29) is 43.5 Å². The fraction of sp³-hybridized carbons (Fsp3) is 0.500. The molecule has 3 rings (SSSR count). The van der Waals surface area contributed by atoms with Gasteiger partial charge < -0.3 is 10.1 Å². The third-order valence-electron chi connectivity index (χ3n) is 4.48. The normalized spacial score (nSPS) is 16.4. The number of likely N-dealkylation sites (tertiary alicyclic amines) is 1. The summed E-state index contributed by atoms with van der Waals surface area (Å²) < 4.78 is 5.66. The van der Waals surface area contributed by atoms with Crippen molar-refractivity contribution in [3.8, 4) is 5.75 Å². The van der Waals surface area contributed by atoms with Gasteiger partial charge in [-0.15, -0.1) is 0 Å². The number of amides is 3. The molecular weight excluding hydrogens is 308 g/mol. The maximum Gasteiger partial charge on any atom is 0.229 e. The highest BCUT2D eigenvalue weighted by molar-refractivity contribution is 6.02. The van der Waals surface area contributed by atoms with Gasteiger partial charge in [0.1, 0.15) is 12.4 Å². The number of imide groups is 1. The molecule has 3 amide bonds. The first-order valence-electron chi connectivity index (χ1n) is 8.48. The highest BCUT2D eigenvalue weighted by atomic mass is 16.5. The molecule has 2 aliphatic rings. The Balaban J connectivity index is 1.33. The lowest BCUT2D eigenvalue weighted by Crippen LogP contribution is -2.35. The largest absolute Gasteiger partial charge is 0.492 e. The average molecular weight is 330 g/mol. The molecule has 0 spiro atoms. The van der Waals surface area contributed by atoms with Crippen molar-refractivity contribution in [1.29, 1.82) is 0 Å². The van der Waals surface area contributed by atoms with Gasteiger partial charge in [0, 0.05) is 25.8 Å². The van der Waals surface area contributed by atoms with Gasteiger partial charge in [-0.05, 0) is 42.5 Å². The van der Waals surface area contributed by atoms with E-state index in [9.17, 15) is 14.4 Å². The van der Waals surface area contributed by atoms with Crippen LogP contribution < -0.4 is 10.1 Å². The Morgan fingerprint density at radius 3 is 2.62 bits per heavy atom. The third kappa shape index (κ3) is 3.93. The lowest BCUT2D eigenvalue weighted by atomic mass is 10.1. The fourth-order valence-corrected chi connectivity index (χ4v) is 3.17. The van der Waals surface area contributed by atoms with Crippen molar-refractivity contribution in [1.82, 2.24) is 10.2 Å². The number of nitrogens with one attached hydrogen (secondary N) is 1. The molecule has 1 fully saturated rings. The molecule has 6 heteroatoms.